The Morgan fingerprint density at radius 1 is 1.33 bits per heavy atom. The van der Waals surface area contributed by atoms with Gasteiger partial charge >= 0.3 is 0 Å². The van der Waals surface area contributed by atoms with E-state index in [0.29, 0.717) is 18.1 Å². The second-order valence-electron chi connectivity index (χ2n) is 5.62. The first-order chi connectivity index (χ1) is 8.74. The van der Waals surface area contributed by atoms with Gasteiger partial charge < -0.3 is 0 Å². The van der Waals surface area contributed by atoms with Gasteiger partial charge in [-0.05, 0) is 17.9 Å². The number of ketones is 1. The van der Waals surface area contributed by atoms with Crippen LogP contribution in [0.5, 0.6) is 0 Å². The lowest BCUT2D eigenvalue weighted by Gasteiger charge is -2.12. The van der Waals surface area contributed by atoms with E-state index >= 15 is 0 Å². The molecule has 2 rings (SSSR count). The lowest BCUT2D eigenvalue weighted by atomic mass is 9.93. The molecule has 0 amide bonds. The molecule has 0 saturated heterocycles. The van der Waals surface area contributed by atoms with E-state index in [1.165, 1.54) is 44.1 Å². The molecule has 0 aliphatic heterocycles. The van der Waals surface area contributed by atoms with Crippen LogP contribution in [0.4, 0.5) is 0 Å². The van der Waals surface area contributed by atoms with Gasteiger partial charge in [0.2, 0.25) is 0 Å². The topological polar surface area (TPSA) is 34.9 Å². The fourth-order valence-electron chi connectivity index (χ4n) is 2.88. The van der Waals surface area contributed by atoms with E-state index < -0.39 is 0 Å². The maximum Gasteiger partial charge on any atom is 0.133 e. The predicted octanol–water partition coefficient (Wildman–Crippen LogP) is 3.28. The van der Waals surface area contributed by atoms with Gasteiger partial charge in [-0.2, -0.15) is 5.10 Å². The van der Waals surface area contributed by atoms with Crippen molar-refractivity contribution in [3.8, 4) is 0 Å². The molecule has 0 radical (unpaired) electrons. The molecule has 0 N–H and O–H groups in total. The number of hydrogen-bond acceptors (Lipinski definition) is 2. The normalized spacial score (nSPS) is 17.6. The number of hydrogen-bond donors (Lipinski definition) is 0. The number of rotatable bonds is 5. The van der Waals surface area contributed by atoms with Crippen LogP contribution >= 0.6 is 0 Å². The molecule has 0 bridgehead atoms. The van der Waals surface area contributed by atoms with Crippen molar-refractivity contribution in [2.75, 3.05) is 0 Å². The molecule has 1 aliphatic carbocycles. The molecule has 1 aliphatic rings. The quantitative estimate of drug-likeness (QED) is 0.749. The van der Waals surface area contributed by atoms with E-state index in [-0.39, 0.29) is 0 Å². The SMILES string of the molecule is Cn1cc(CCC(=O)CC2CCCCCC2)cn1. The van der Waals surface area contributed by atoms with Crippen LogP contribution < -0.4 is 0 Å². The summed E-state index contributed by atoms with van der Waals surface area (Å²) >= 11 is 0. The zero-order valence-electron chi connectivity index (χ0n) is 11.4. The molecular formula is C15H24N2O. The van der Waals surface area contributed by atoms with Gasteiger partial charge in [0, 0.05) is 26.1 Å². The van der Waals surface area contributed by atoms with Crippen molar-refractivity contribution >= 4 is 5.78 Å². The number of aromatic nitrogens is 2. The third-order valence-corrected chi connectivity index (χ3v) is 3.94. The van der Waals surface area contributed by atoms with Gasteiger partial charge in [0.05, 0.1) is 6.20 Å². The molecular weight excluding hydrogens is 224 g/mol. The third kappa shape index (κ3) is 4.28. The minimum absolute atomic E-state index is 0.436. The zero-order valence-corrected chi connectivity index (χ0v) is 11.4. The van der Waals surface area contributed by atoms with Crippen molar-refractivity contribution in [3.63, 3.8) is 0 Å². The number of carbonyl (C=O) groups excluding carboxylic acids is 1. The Hall–Kier alpha value is -1.12. The van der Waals surface area contributed by atoms with E-state index in [9.17, 15) is 4.79 Å². The summed E-state index contributed by atoms with van der Waals surface area (Å²) in [6.07, 6.45) is 14.1. The van der Waals surface area contributed by atoms with Crippen LogP contribution in [0.1, 0.15) is 56.9 Å². The van der Waals surface area contributed by atoms with Crippen LogP contribution in [0, 0.1) is 5.92 Å². The molecule has 1 fully saturated rings. The molecule has 3 heteroatoms. The van der Waals surface area contributed by atoms with Crippen LogP contribution in [-0.4, -0.2) is 15.6 Å². The van der Waals surface area contributed by atoms with Crippen molar-refractivity contribution in [1.29, 1.82) is 0 Å². The van der Waals surface area contributed by atoms with Crippen LogP contribution in [0.25, 0.3) is 0 Å². The number of aryl methyl sites for hydroxylation is 2. The van der Waals surface area contributed by atoms with Gasteiger partial charge in [-0.25, -0.2) is 0 Å². The second-order valence-corrected chi connectivity index (χ2v) is 5.62. The summed E-state index contributed by atoms with van der Waals surface area (Å²) in [4.78, 5) is 12.0. The van der Waals surface area contributed by atoms with E-state index in [1.54, 1.807) is 4.68 Å². The Morgan fingerprint density at radius 3 is 2.67 bits per heavy atom. The van der Waals surface area contributed by atoms with E-state index in [4.69, 9.17) is 0 Å². The van der Waals surface area contributed by atoms with Gasteiger partial charge in [0.15, 0.2) is 0 Å². The van der Waals surface area contributed by atoms with E-state index in [1.807, 2.05) is 19.4 Å². The van der Waals surface area contributed by atoms with Crippen molar-refractivity contribution in [1.82, 2.24) is 9.78 Å². The number of nitrogens with zero attached hydrogens (tertiary/aromatic N) is 2. The Morgan fingerprint density at radius 2 is 2.06 bits per heavy atom. The average Bonchev–Trinajstić information content (AvgIpc) is 2.60. The standard InChI is InChI=1S/C15H24N2O/c1-17-12-14(11-16-17)8-9-15(18)10-13-6-4-2-3-5-7-13/h11-13H,2-10H2,1H3. The fraction of sp³-hybridized carbons (Fsp3) is 0.733. The lowest BCUT2D eigenvalue weighted by Crippen LogP contribution is -2.08. The summed E-state index contributed by atoms with van der Waals surface area (Å²) in [5, 5.41) is 4.13. The number of Topliss-reactive ketones (excluding diaryl/α,β-unsaturated/α-hetero) is 1. The summed E-state index contributed by atoms with van der Waals surface area (Å²) in [6.45, 7) is 0. The first-order valence-corrected chi connectivity index (χ1v) is 7.23. The summed E-state index contributed by atoms with van der Waals surface area (Å²) in [7, 11) is 1.91. The van der Waals surface area contributed by atoms with E-state index in [2.05, 4.69) is 5.10 Å². The highest BCUT2D eigenvalue weighted by Gasteiger charge is 2.16. The van der Waals surface area contributed by atoms with Gasteiger partial charge in [-0.1, -0.05) is 38.5 Å². The molecule has 100 valence electrons. The highest BCUT2D eigenvalue weighted by atomic mass is 16.1. The lowest BCUT2D eigenvalue weighted by molar-refractivity contribution is -0.120. The minimum atomic E-state index is 0.436. The van der Waals surface area contributed by atoms with Gasteiger partial charge in [-0.15, -0.1) is 0 Å². The monoisotopic (exact) mass is 248 g/mol. The summed E-state index contributed by atoms with van der Waals surface area (Å²) in [5.41, 5.74) is 1.17. The third-order valence-electron chi connectivity index (χ3n) is 3.94. The summed E-state index contributed by atoms with van der Waals surface area (Å²) in [5.74, 6) is 1.10. The highest BCUT2D eigenvalue weighted by molar-refractivity contribution is 5.78. The molecule has 1 heterocycles. The largest absolute Gasteiger partial charge is 0.300 e. The van der Waals surface area contributed by atoms with Crippen molar-refractivity contribution in [3.05, 3.63) is 18.0 Å². The fourth-order valence-corrected chi connectivity index (χ4v) is 2.88. The predicted molar refractivity (Wildman–Crippen MR) is 72.3 cm³/mol. The molecule has 18 heavy (non-hydrogen) atoms. The van der Waals surface area contributed by atoms with E-state index in [0.717, 1.165) is 12.8 Å². The molecule has 0 atom stereocenters. The Bertz CT molecular complexity index is 376. The number of carbonyl (C=O) groups is 1. The van der Waals surface area contributed by atoms with Crippen molar-refractivity contribution in [2.24, 2.45) is 13.0 Å². The molecule has 1 saturated carbocycles. The zero-order chi connectivity index (χ0) is 12.8. The Balaban J connectivity index is 1.71. The van der Waals surface area contributed by atoms with Crippen LogP contribution in [0.2, 0.25) is 0 Å². The highest BCUT2D eigenvalue weighted by Crippen LogP contribution is 2.26. The minimum Gasteiger partial charge on any atom is -0.300 e. The van der Waals surface area contributed by atoms with Gasteiger partial charge in [0.25, 0.3) is 0 Å². The maximum absolute atomic E-state index is 12.0. The first-order valence-electron chi connectivity index (χ1n) is 7.23. The second kappa shape index (κ2) is 6.72. The Labute approximate surface area is 110 Å². The van der Waals surface area contributed by atoms with Gasteiger partial charge in [-0.3, -0.25) is 9.48 Å². The average molecular weight is 248 g/mol. The molecule has 1 aromatic rings. The maximum atomic E-state index is 12.0. The van der Waals surface area contributed by atoms with Crippen molar-refractivity contribution in [2.45, 2.75) is 57.8 Å². The first kappa shape index (κ1) is 13.3. The molecule has 0 aromatic carbocycles. The van der Waals surface area contributed by atoms with Gasteiger partial charge in [0.1, 0.15) is 5.78 Å². The molecule has 0 spiro atoms. The molecule has 1 aromatic heterocycles. The molecule has 3 nitrogen and oxygen atoms in total. The summed E-state index contributed by atoms with van der Waals surface area (Å²) < 4.78 is 1.80. The smallest absolute Gasteiger partial charge is 0.133 e. The Kier molecular flexibility index (Phi) is 4.97. The van der Waals surface area contributed by atoms with Crippen LogP contribution in [-0.2, 0) is 18.3 Å². The summed E-state index contributed by atoms with van der Waals surface area (Å²) in [6, 6.07) is 0. The van der Waals surface area contributed by atoms with Crippen LogP contribution in [0.3, 0.4) is 0 Å². The molecule has 0 unspecified atom stereocenters. The van der Waals surface area contributed by atoms with Crippen LogP contribution in [0.15, 0.2) is 12.4 Å². The van der Waals surface area contributed by atoms with Crippen molar-refractivity contribution < 1.29 is 4.79 Å².